The van der Waals surface area contributed by atoms with Crippen molar-refractivity contribution in [2.24, 2.45) is 0 Å². The Morgan fingerprint density at radius 3 is 2.61 bits per heavy atom. The molecule has 0 radical (unpaired) electrons. The molecule has 9 heteroatoms. The van der Waals surface area contributed by atoms with Crippen LogP contribution in [-0.4, -0.2) is 42.7 Å². The number of hydrogen-bond acceptors (Lipinski definition) is 7. The van der Waals surface area contributed by atoms with Gasteiger partial charge in [-0.1, -0.05) is 43.3 Å². The number of carbonyl (C=O) groups excluding carboxylic acids is 1. The van der Waals surface area contributed by atoms with Gasteiger partial charge >= 0.3 is 5.97 Å². The maximum Gasteiger partial charge on any atom is 0.327 e. The van der Waals surface area contributed by atoms with Crippen LogP contribution in [0.5, 0.6) is 0 Å². The van der Waals surface area contributed by atoms with E-state index in [2.05, 4.69) is 50.5 Å². The molecule has 0 amide bonds. The lowest BCUT2D eigenvalue weighted by atomic mass is 10.0. The largest absolute Gasteiger partial charge is 0.465 e. The van der Waals surface area contributed by atoms with Crippen molar-refractivity contribution >= 4 is 16.9 Å². The van der Waals surface area contributed by atoms with Crippen molar-refractivity contribution in [3.63, 3.8) is 0 Å². The Labute approximate surface area is 210 Å². The van der Waals surface area contributed by atoms with E-state index >= 15 is 0 Å². The third-order valence-corrected chi connectivity index (χ3v) is 6.26. The summed E-state index contributed by atoms with van der Waals surface area (Å²) in [7, 11) is 0. The van der Waals surface area contributed by atoms with Gasteiger partial charge in [0.05, 0.1) is 12.6 Å². The van der Waals surface area contributed by atoms with Crippen molar-refractivity contribution in [3.8, 4) is 0 Å². The van der Waals surface area contributed by atoms with Crippen LogP contribution in [-0.2, 0) is 29.2 Å². The van der Waals surface area contributed by atoms with E-state index in [0.717, 1.165) is 27.6 Å². The third-order valence-electron chi connectivity index (χ3n) is 6.26. The lowest BCUT2D eigenvalue weighted by Crippen LogP contribution is -2.33. The summed E-state index contributed by atoms with van der Waals surface area (Å²) in [6.07, 6.45) is 0.680. The second-order valence-electron chi connectivity index (χ2n) is 8.98. The smallest absolute Gasteiger partial charge is 0.327 e. The second-order valence-corrected chi connectivity index (χ2v) is 8.98. The molecule has 0 spiro atoms. The molecule has 0 aliphatic heterocycles. The minimum absolute atomic E-state index is 0.0685. The highest BCUT2D eigenvalue weighted by molar-refractivity contribution is 5.83. The van der Waals surface area contributed by atoms with E-state index in [1.165, 1.54) is 4.68 Å². The number of ether oxygens (including phenoxy) is 1. The maximum absolute atomic E-state index is 13.1. The van der Waals surface area contributed by atoms with Crippen molar-refractivity contribution in [1.82, 2.24) is 30.1 Å². The summed E-state index contributed by atoms with van der Waals surface area (Å²) >= 11 is 0. The molecule has 4 aromatic rings. The molecular formula is C27H32N6O3. The van der Waals surface area contributed by atoms with E-state index < -0.39 is 5.97 Å². The average molecular weight is 489 g/mol. The van der Waals surface area contributed by atoms with Gasteiger partial charge in [-0.05, 0) is 66.4 Å². The first-order valence-electron chi connectivity index (χ1n) is 12.2. The monoisotopic (exact) mass is 488 g/mol. The topological polar surface area (TPSA) is 106 Å². The molecular weight excluding hydrogens is 456 g/mol. The molecule has 0 aliphatic rings. The molecule has 36 heavy (non-hydrogen) atoms. The lowest BCUT2D eigenvalue weighted by Gasteiger charge is -2.30. The van der Waals surface area contributed by atoms with Crippen LogP contribution >= 0.6 is 0 Å². The summed E-state index contributed by atoms with van der Waals surface area (Å²) in [5.74, 6) is 0.165. The molecule has 2 aromatic carbocycles. The van der Waals surface area contributed by atoms with Gasteiger partial charge < -0.3 is 9.72 Å². The quantitative estimate of drug-likeness (QED) is 0.338. The van der Waals surface area contributed by atoms with Gasteiger partial charge in [0, 0.05) is 29.6 Å². The van der Waals surface area contributed by atoms with Crippen LogP contribution in [0.25, 0.3) is 10.9 Å². The fraction of sp³-hybridized carbons (Fsp3) is 0.370. The number of hydrogen-bond donors (Lipinski definition) is 1. The molecule has 4 rings (SSSR count). The number of pyridine rings is 1. The number of H-pyrrole nitrogens is 1. The molecule has 0 saturated carbocycles. The van der Waals surface area contributed by atoms with Crippen LogP contribution in [0.15, 0.2) is 53.3 Å². The molecule has 1 atom stereocenters. The highest BCUT2D eigenvalue weighted by atomic mass is 16.5. The van der Waals surface area contributed by atoms with Gasteiger partial charge in [-0.15, -0.1) is 5.10 Å². The number of nitrogens with zero attached hydrogens (tertiary/aromatic N) is 5. The fourth-order valence-electron chi connectivity index (χ4n) is 4.64. The Bertz CT molecular complexity index is 1400. The summed E-state index contributed by atoms with van der Waals surface area (Å²) in [6, 6.07) is 15.9. The predicted molar refractivity (Wildman–Crippen MR) is 137 cm³/mol. The predicted octanol–water partition coefficient (Wildman–Crippen LogP) is 3.85. The zero-order chi connectivity index (χ0) is 25.7. The van der Waals surface area contributed by atoms with Gasteiger partial charge in [-0.25, -0.2) is 4.68 Å². The maximum atomic E-state index is 13.1. The zero-order valence-corrected chi connectivity index (χ0v) is 21.2. The van der Waals surface area contributed by atoms with Crippen molar-refractivity contribution in [1.29, 1.82) is 0 Å². The van der Waals surface area contributed by atoms with Crippen LogP contribution in [0.2, 0.25) is 0 Å². The van der Waals surface area contributed by atoms with E-state index in [-0.39, 0.29) is 24.8 Å². The Balaban J connectivity index is 1.73. The highest BCUT2D eigenvalue weighted by Gasteiger charge is 2.27. The van der Waals surface area contributed by atoms with Gasteiger partial charge in [0.1, 0.15) is 6.54 Å². The summed E-state index contributed by atoms with van der Waals surface area (Å²) in [6.45, 7) is 9.07. The fourth-order valence-corrected chi connectivity index (χ4v) is 4.64. The van der Waals surface area contributed by atoms with Crippen molar-refractivity contribution in [3.05, 3.63) is 87.0 Å². The first kappa shape index (κ1) is 25.2. The summed E-state index contributed by atoms with van der Waals surface area (Å²) in [5, 5.41) is 13.2. The molecule has 2 aromatic heterocycles. The number of carbonyl (C=O) groups is 1. The average Bonchev–Trinajstić information content (AvgIpc) is 3.28. The molecule has 0 bridgehead atoms. The number of fused-ring (bicyclic) bond motifs is 1. The Kier molecular flexibility index (Phi) is 7.90. The Hall–Kier alpha value is -3.85. The highest BCUT2D eigenvalue weighted by Crippen LogP contribution is 2.27. The number of esters is 1. The minimum atomic E-state index is -0.396. The molecule has 9 nitrogen and oxygen atoms in total. The SMILES string of the molecule is CCOC(=O)Cn1nnnc1[C@@H](CC)N(Cc1ccccc1)Cc1cc2c(C)cc(C)cc2[nH]c1=O. The number of tetrazole rings is 1. The standard InChI is InChI=1S/C27H32N6O3/c1-5-24(26-29-30-31-33(26)17-25(34)36-6-2)32(15-20-10-8-7-9-11-20)16-21-14-22-19(4)12-18(3)13-23(22)28-27(21)35/h7-14,24H,5-6,15-17H2,1-4H3,(H,28,35)/t24-/m1/s1. The molecule has 0 aliphatic carbocycles. The minimum Gasteiger partial charge on any atom is -0.465 e. The Morgan fingerprint density at radius 2 is 1.89 bits per heavy atom. The third kappa shape index (κ3) is 5.68. The molecule has 188 valence electrons. The van der Waals surface area contributed by atoms with E-state index in [9.17, 15) is 9.59 Å². The molecule has 0 saturated heterocycles. The number of aromatic nitrogens is 5. The number of benzene rings is 2. The van der Waals surface area contributed by atoms with E-state index in [4.69, 9.17) is 4.74 Å². The first-order valence-corrected chi connectivity index (χ1v) is 12.2. The number of nitrogens with one attached hydrogen (secondary N) is 1. The molecule has 0 fully saturated rings. The van der Waals surface area contributed by atoms with Crippen molar-refractivity contribution < 1.29 is 9.53 Å². The van der Waals surface area contributed by atoms with Gasteiger partial charge in [-0.2, -0.15) is 0 Å². The van der Waals surface area contributed by atoms with Crippen molar-refractivity contribution in [2.45, 2.75) is 59.8 Å². The van der Waals surface area contributed by atoms with E-state index in [1.807, 2.05) is 44.2 Å². The van der Waals surface area contributed by atoms with Gasteiger partial charge in [-0.3, -0.25) is 14.5 Å². The lowest BCUT2D eigenvalue weighted by molar-refractivity contribution is -0.144. The van der Waals surface area contributed by atoms with Crippen molar-refractivity contribution in [2.75, 3.05) is 6.61 Å². The molecule has 0 unspecified atom stereocenters. The molecule has 2 heterocycles. The van der Waals surface area contributed by atoms with Crippen LogP contribution in [0.4, 0.5) is 0 Å². The van der Waals surface area contributed by atoms with E-state index in [0.29, 0.717) is 30.9 Å². The zero-order valence-electron chi connectivity index (χ0n) is 21.2. The Morgan fingerprint density at radius 1 is 1.11 bits per heavy atom. The second kappa shape index (κ2) is 11.3. The van der Waals surface area contributed by atoms with Crippen LogP contribution < -0.4 is 5.56 Å². The first-order chi connectivity index (χ1) is 17.4. The molecule has 1 N–H and O–H groups in total. The van der Waals surface area contributed by atoms with Crippen LogP contribution in [0, 0.1) is 13.8 Å². The van der Waals surface area contributed by atoms with Crippen LogP contribution in [0.3, 0.4) is 0 Å². The van der Waals surface area contributed by atoms with Crippen LogP contribution in [0.1, 0.15) is 54.4 Å². The number of aryl methyl sites for hydroxylation is 2. The summed E-state index contributed by atoms with van der Waals surface area (Å²) < 4.78 is 6.58. The van der Waals surface area contributed by atoms with E-state index in [1.54, 1.807) is 6.92 Å². The summed E-state index contributed by atoms with van der Waals surface area (Å²) in [5.41, 5.74) is 4.70. The number of rotatable bonds is 10. The normalized spacial score (nSPS) is 12.2. The van der Waals surface area contributed by atoms with Gasteiger partial charge in [0.25, 0.3) is 5.56 Å². The number of aromatic amines is 1. The summed E-state index contributed by atoms with van der Waals surface area (Å²) in [4.78, 5) is 30.5. The van der Waals surface area contributed by atoms with Gasteiger partial charge in [0.15, 0.2) is 5.82 Å². The van der Waals surface area contributed by atoms with Gasteiger partial charge in [0.2, 0.25) is 0 Å².